The zero-order valence-electron chi connectivity index (χ0n) is 12.3. The molecule has 0 spiro atoms. The second kappa shape index (κ2) is 8.37. The lowest BCUT2D eigenvalue weighted by Gasteiger charge is -2.14. The molecule has 0 saturated heterocycles. The predicted molar refractivity (Wildman–Crippen MR) is 74.0 cm³/mol. The first-order valence-corrected chi connectivity index (χ1v) is 6.58. The molecule has 1 N–H and O–H groups in total. The summed E-state index contributed by atoms with van der Waals surface area (Å²) >= 11 is 0. The number of likely N-dealkylation sites (N-methyl/N-ethyl adjacent to an activating group) is 1. The van der Waals surface area contributed by atoms with Crippen LogP contribution in [0.25, 0.3) is 0 Å². The van der Waals surface area contributed by atoms with Gasteiger partial charge in [-0.3, -0.25) is 14.5 Å². The Hall–Kier alpha value is -1.82. The number of nitrogens with one attached hydrogen (secondary N) is 1. The largest absolute Gasteiger partial charge is 0.469 e. The van der Waals surface area contributed by atoms with Gasteiger partial charge in [0, 0.05) is 13.0 Å². The van der Waals surface area contributed by atoms with Gasteiger partial charge in [-0.25, -0.2) is 0 Å². The van der Waals surface area contributed by atoms with Crippen LogP contribution in [0.4, 0.5) is 0 Å². The quantitative estimate of drug-likeness (QED) is 0.571. The van der Waals surface area contributed by atoms with Crippen molar-refractivity contribution in [2.75, 3.05) is 27.2 Å². The fourth-order valence-corrected chi connectivity index (χ4v) is 1.76. The van der Waals surface area contributed by atoms with Crippen LogP contribution in [-0.4, -0.2) is 44.0 Å². The first-order chi connectivity index (χ1) is 9.51. The van der Waals surface area contributed by atoms with Gasteiger partial charge in [0.25, 0.3) is 0 Å². The molecule has 0 unspecified atom stereocenters. The van der Waals surface area contributed by atoms with E-state index < -0.39 is 0 Å². The van der Waals surface area contributed by atoms with E-state index in [1.807, 2.05) is 31.0 Å². The van der Waals surface area contributed by atoms with Crippen LogP contribution in [0.3, 0.4) is 0 Å². The van der Waals surface area contributed by atoms with Crippen molar-refractivity contribution in [3.05, 3.63) is 23.7 Å². The van der Waals surface area contributed by atoms with Crippen molar-refractivity contribution in [1.82, 2.24) is 10.2 Å². The molecule has 0 atom stereocenters. The van der Waals surface area contributed by atoms with Crippen molar-refractivity contribution < 1.29 is 18.7 Å². The zero-order valence-corrected chi connectivity index (χ0v) is 12.3. The number of methoxy groups -OCH3 is 1. The normalized spacial score (nSPS) is 10.6. The molecule has 0 bridgehead atoms. The van der Waals surface area contributed by atoms with E-state index in [1.165, 1.54) is 7.11 Å². The van der Waals surface area contributed by atoms with Gasteiger partial charge in [0.15, 0.2) is 0 Å². The fraction of sp³-hybridized carbons (Fsp3) is 0.571. The molecule has 0 radical (unpaired) electrons. The molecule has 1 aromatic rings. The summed E-state index contributed by atoms with van der Waals surface area (Å²) in [5, 5.41) is 2.77. The first kappa shape index (κ1) is 16.2. The van der Waals surface area contributed by atoms with Crippen molar-refractivity contribution in [2.45, 2.75) is 26.3 Å². The molecule has 0 aliphatic rings. The lowest BCUT2D eigenvalue weighted by molar-refractivity contribution is -0.140. The lowest BCUT2D eigenvalue weighted by atomic mass is 10.3. The Kier molecular flexibility index (Phi) is 6.79. The maximum absolute atomic E-state index is 11.7. The molecule has 1 aromatic heterocycles. The summed E-state index contributed by atoms with van der Waals surface area (Å²) < 4.78 is 9.97. The molecule has 112 valence electrons. The third-order valence-electron chi connectivity index (χ3n) is 2.74. The average molecular weight is 282 g/mol. The van der Waals surface area contributed by atoms with Crippen LogP contribution in [-0.2, 0) is 20.9 Å². The number of esters is 1. The summed E-state index contributed by atoms with van der Waals surface area (Å²) in [6.07, 6.45) is 0.901. The highest BCUT2D eigenvalue weighted by molar-refractivity contribution is 5.78. The van der Waals surface area contributed by atoms with Crippen LogP contribution in [0.2, 0.25) is 0 Å². The fourth-order valence-electron chi connectivity index (χ4n) is 1.76. The summed E-state index contributed by atoms with van der Waals surface area (Å²) in [5.41, 5.74) is 0. The number of amides is 1. The van der Waals surface area contributed by atoms with E-state index in [2.05, 4.69) is 10.1 Å². The maximum Gasteiger partial charge on any atom is 0.305 e. The minimum Gasteiger partial charge on any atom is -0.469 e. The highest BCUT2D eigenvalue weighted by Gasteiger charge is 2.09. The molecule has 6 nitrogen and oxygen atoms in total. The number of furan rings is 1. The molecule has 6 heteroatoms. The van der Waals surface area contributed by atoms with Crippen LogP contribution in [0.1, 0.15) is 24.4 Å². The SMILES string of the molecule is COC(=O)CCCNC(=O)CN(C)Cc1ccc(C)o1. The number of rotatable bonds is 8. The molecule has 0 saturated carbocycles. The average Bonchev–Trinajstić information content (AvgIpc) is 2.79. The van der Waals surface area contributed by atoms with Crippen LogP contribution in [0.5, 0.6) is 0 Å². The first-order valence-electron chi connectivity index (χ1n) is 6.58. The van der Waals surface area contributed by atoms with Crippen molar-refractivity contribution in [1.29, 1.82) is 0 Å². The molecule has 20 heavy (non-hydrogen) atoms. The second-order valence-electron chi connectivity index (χ2n) is 4.71. The van der Waals surface area contributed by atoms with Crippen molar-refractivity contribution in [2.24, 2.45) is 0 Å². The van der Waals surface area contributed by atoms with E-state index in [9.17, 15) is 9.59 Å². The van der Waals surface area contributed by atoms with E-state index in [-0.39, 0.29) is 18.4 Å². The van der Waals surface area contributed by atoms with E-state index in [1.54, 1.807) is 0 Å². The smallest absolute Gasteiger partial charge is 0.305 e. The Labute approximate surface area is 119 Å². The summed E-state index contributed by atoms with van der Waals surface area (Å²) in [7, 11) is 3.21. The molecular weight excluding hydrogens is 260 g/mol. The zero-order chi connectivity index (χ0) is 15.0. The minimum absolute atomic E-state index is 0.0688. The van der Waals surface area contributed by atoms with Gasteiger partial charge in [0.2, 0.25) is 5.91 Å². The third-order valence-corrected chi connectivity index (χ3v) is 2.74. The lowest BCUT2D eigenvalue weighted by Crippen LogP contribution is -2.35. The van der Waals surface area contributed by atoms with Crippen molar-refractivity contribution in [3.63, 3.8) is 0 Å². The van der Waals surface area contributed by atoms with Gasteiger partial charge < -0.3 is 14.5 Å². The van der Waals surface area contributed by atoms with Gasteiger partial charge in [-0.1, -0.05) is 0 Å². The van der Waals surface area contributed by atoms with E-state index in [0.29, 0.717) is 25.9 Å². The van der Waals surface area contributed by atoms with Gasteiger partial charge in [-0.2, -0.15) is 0 Å². The van der Waals surface area contributed by atoms with Crippen molar-refractivity contribution in [3.8, 4) is 0 Å². The monoisotopic (exact) mass is 282 g/mol. The molecule has 0 aromatic carbocycles. The number of nitrogens with zero attached hydrogens (tertiary/aromatic N) is 1. The molecule has 1 rings (SSSR count). The van der Waals surface area contributed by atoms with E-state index in [0.717, 1.165) is 11.5 Å². The Morgan fingerprint density at radius 1 is 1.40 bits per heavy atom. The van der Waals surface area contributed by atoms with Crippen LogP contribution >= 0.6 is 0 Å². The summed E-state index contributed by atoms with van der Waals surface area (Å²) in [6, 6.07) is 3.80. The van der Waals surface area contributed by atoms with Gasteiger partial charge in [0.1, 0.15) is 11.5 Å². The maximum atomic E-state index is 11.7. The molecule has 0 fully saturated rings. The standard InChI is InChI=1S/C14H22N2O4/c1-11-6-7-12(20-11)9-16(2)10-13(17)15-8-4-5-14(18)19-3/h6-7H,4-5,8-10H2,1-3H3,(H,15,17). The highest BCUT2D eigenvalue weighted by Crippen LogP contribution is 2.08. The van der Waals surface area contributed by atoms with E-state index in [4.69, 9.17) is 4.42 Å². The molecule has 0 aliphatic carbocycles. The van der Waals surface area contributed by atoms with Gasteiger partial charge in [-0.05, 0) is 32.5 Å². The Balaban J connectivity index is 2.16. The number of carbonyl (C=O) groups is 2. The van der Waals surface area contributed by atoms with Crippen LogP contribution in [0, 0.1) is 6.92 Å². The molecule has 1 heterocycles. The van der Waals surface area contributed by atoms with Crippen molar-refractivity contribution >= 4 is 11.9 Å². The number of carbonyl (C=O) groups excluding carboxylic acids is 2. The predicted octanol–water partition coefficient (Wildman–Crippen LogP) is 1.09. The summed E-state index contributed by atoms with van der Waals surface area (Å²) in [4.78, 5) is 24.4. The molecule has 0 aliphatic heterocycles. The summed E-state index contributed by atoms with van der Waals surface area (Å²) in [5.74, 6) is 1.37. The third kappa shape index (κ3) is 6.38. The Morgan fingerprint density at radius 3 is 2.75 bits per heavy atom. The Morgan fingerprint density at radius 2 is 2.15 bits per heavy atom. The second-order valence-corrected chi connectivity index (χ2v) is 4.71. The minimum atomic E-state index is -0.260. The topological polar surface area (TPSA) is 71.8 Å². The number of hydrogen-bond donors (Lipinski definition) is 1. The van der Waals surface area contributed by atoms with Gasteiger partial charge in [-0.15, -0.1) is 0 Å². The van der Waals surface area contributed by atoms with Gasteiger partial charge in [0.05, 0.1) is 20.2 Å². The van der Waals surface area contributed by atoms with Crippen LogP contribution in [0.15, 0.2) is 16.5 Å². The number of hydrogen-bond acceptors (Lipinski definition) is 5. The van der Waals surface area contributed by atoms with Gasteiger partial charge >= 0.3 is 5.97 Å². The number of ether oxygens (including phenoxy) is 1. The summed E-state index contributed by atoms with van der Waals surface area (Å²) in [6.45, 7) is 3.24. The highest BCUT2D eigenvalue weighted by atomic mass is 16.5. The number of aryl methyl sites for hydroxylation is 1. The van der Waals surface area contributed by atoms with E-state index >= 15 is 0 Å². The molecular formula is C14H22N2O4. The van der Waals surface area contributed by atoms with Crippen LogP contribution < -0.4 is 5.32 Å². The molecule has 1 amide bonds. The Bertz CT molecular complexity index is 442.